The molecule has 5 rings (SSSR count). The molecule has 8 nitrogen and oxygen atoms in total. The van der Waals surface area contributed by atoms with E-state index in [2.05, 4.69) is 20.9 Å². The number of hydrogen-bond donors (Lipinski definition) is 2. The van der Waals surface area contributed by atoms with Gasteiger partial charge in [0.15, 0.2) is 0 Å². The van der Waals surface area contributed by atoms with Gasteiger partial charge in [0.25, 0.3) is 5.91 Å². The van der Waals surface area contributed by atoms with Crippen LogP contribution in [-0.4, -0.2) is 34.0 Å². The van der Waals surface area contributed by atoms with E-state index in [9.17, 15) is 9.59 Å². The number of nitrogens with one attached hydrogen (secondary N) is 2. The predicted octanol–water partition coefficient (Wildman–Crippen LogP) is 4.05. The van der Waals surface area contributed by atoms with Gasteiger partial charge in [-0.05, 0) is 35.4 Å². The molecule has 1 aliphatic heterocycles. The molecule has 1 aromatic heterocycles. The Hall–Kier alpha value is -4.72. The summed E-state index contributed by atoms with van der Waals surface area (Å²) in [6.07, 6.45) is 3.46. The van der Waals surface area contributed by atoms with Crippen molar-refractivity contribution in [3.63, 3.8) is 0 Å². The van der Waals surface area contributed by atoms with Crippen molar-refractivity contribution in [1.29, 1.82) is 0 Å². The van der Waals surface area contributed by atoms with Crippen molar-refractivity contribution >= 4 is 34.5 Å². The highest BCUT2D eigenvalue weighted by Gasteiger charge is 2.29. The molecule has 8 heteroatoms. The molecule has 1 amide bonds. The fraction of sp³-hybridized carbons (Fsp3) is 0.0769. The van der Waals surface area contributed by atoms with Crippen LogP contribution in [0, 0.1) is 0 Å². The van der Waals surface area contributed by atoms with Crippen molar-refractivity contribution in [1.82, 2.24) is 15.0 Å². The number of esters is 1. The lowest BCUT2D eigenvalue weighted by atomic mass is 9.99. The number of carbonyl (C=O) groups excluding carboxylic acids is 2. The molecule has 34 heavy (non-hydrogen) atoms. The van der Waals surface area contributed by atoms with Gasteiger partial charge in [-0.3, -0.25) is 4.79 Å². The van der Waals surface area contributed by atoms with Crippen LogP contribution < -0.4 is 10.6 Å². The van der Waals surface area contributed by atoms with E-state index in [1.54, 1.807) is 29.1 Å². The van der Waals surface area contributed by atoms with E-state index in [0.717, 1.165) is 16.8 Å². The quantitative estimate of drug-likeness (QED) is 0.339. The van der Waals surface area contributed by atoms with Gasteiger partial charge in [0, 0.05) is 17.4 Å². The molecule has 168 valence electrons. The van der Waals surface area contributed by atoms with Gasteiger partial charge in [-0.15, -0.1) is 5.10 Å². The highest BCUT2D eigenvalue weighted by atomic mass is 16.5. The van der Waals surface area contributed by atoms with E-state index >= 15 is 0 Å². The van der Waals surface area contributed by atoms with Gasteiger partial charge in [0.05, 0.1) is 42.4 Å². The highest BCUT2D eigenvalue weighted by Crippen LogP contribution is 2.38. The number of rotatable bonds is 6. The Kier molecular flexibility index (Phi) is 5.61. The number of aromatic nitrogens is 3. The molecule has 0 atom stereocenters. The Labute approximate surface area is 195 Å². The molecule has 0 saturated carbocycles. The first-order valence-corrected chi connectivity index (χ1v) is 10.7. The predicted molar refractivity (Wildman–Crippen MR) is 129 cm³/mol. The average molecular weight is 451 g/mol. The first-order valence-electron chi connectivity index (χ1n) is 10.7. The molecule has 0 aliphatic carbocycles. The van der Waals surface area contributed by atoms with Crippen LogP contribution in [0.4, 0.5) is 11.4 Å². The number of anilines is 2. The van der Waals surface area contributed by atoms with Crippen molar-refractivity contribution < 1.29 is 14.3 Å². The molecule has 0 radical (unpaired) electrons. The average Bonchev–Trinajstić information content (AvgIpc) is 3.50. The van der Waals surface area contributed by atoms with Crippen LogP contribution in [0.15, 0.2) is 85.2 Å². The summed E-state index contributed by atoms with van der Waals surface area (Å²) in [5.41, 5.74) is 5.61. The molecule has 0 spiro atoms. The maximum Gasteiger partial charge on any atom is 0.337 e. The monoisotopic (exact) mass is 451 g/mol. The number of amides is 1. The zero-order valence-corrected chi connectivity index (χ0v) is 18.4. The largest absolute Gasteiger partial charge is 0.465 e. The van der Waals surface area contributed by atoms with Crippen LogP contribution in [0.25, 0.3) is 11.3 Å². The van der Waals surface area contributed by atoms with Crippen molar-refractivity contribution in [2.24, 2.45) is 0 Å². The van der Waals surface area contributed by atoms with Crippen molar-refractivity contribution in [3.05, 3.63) is 107 Å². The number of benzene rings is 3. The fourth-order valence-corrected chi connectivity index (χ4v) is 3.89. The molecule has 2 N–H and O–H groups in total. The molecule has 0 bridgehead atoms. The minimum atomic E-state index is -0.457. The maximum atomic E-state index is 13.1. The van der Waals surface area contributed by atoms with Gasteiger partial charge in [-0.25, -0.2) is 9.48 Å². The van der Waals surface area contributed by atoms with Crippen molar-refractivity contribution in [3.8, 4) is 0 Å². The number of hydrogen-bond acceptors (Lipinski definition) is 6. The summed E-state index contributed by atoms with van der Waals surface area (Å²) >= 11 is 0. The highest BCUT2D eigenvalue weighted by molar-refractivity contribution is 6.37. The first-order chi connectivity index (χ1) is 16.6. The SMILES string of the molecule is COC(=O)c1ccc2c(c1)NC(=O)C2=C(Nc1ccc(Cn2ccnn2)cc1)c1ccccc1. The third-order valence-corrected chi connectivity index (χ3v) is 5.54. The smallest absolute Gasteiger partial charge is 0.337 e. The van der Waals surface area contributed by atoms with Crippen LogP contribution in [-0.2, 0) is 16.1 Å². The van der Waals surface area contributed by atoms with Crippen LogP contribution in [0.3, 0.4) is 0 Å². The Morgan fingerprint density at radius 3 is 2.53 bits per heavy atom. The third-order valence-electron chi connectivity index (χ3n) is 5.54. The lowest BCUT2D eigenvalue weighted by Crippen LogP contribution is -2.10. The lowest BCUT2D eigenvalue weighted by molar-refractivity contribution is -0.110. The van der Waals surface area contributed by atoms with E-state index in [1.807, 2.05) is 60.8 Å². The minimum absolute atomic E-state index is 0.244. The van der Waals surface area contributed by atoms with E-state index < -0.39 is 5.97 Å². The molecular weight excluding hydrogens is 430 g/mol. The van der Waals surface area contributed by atoms with Crippen LogP contribution in [0.5, 0.6) is 0 Å². The summed E-state index contributed by atoms with van der Waals surface area (Å²) in [6, 6.07) is 22.7. The minimum Gasteiger partial charge on any atom is -0.465 e. The zero-order chi connectivity index (χ0) is 23.5. The summed E-state index contributed by atoms with van der Waals surface area (Å²) in [6.45, 7) is 0.616. The zero-order valence-electron chi connectivity index (χ0n) is 18.4. The molecule has 0 saturated heterocycles. The van der Waals surface area contributed by atoms with Crippen molar-refractivity contribution in [2.75, 3.05) is 17.7 Å². The van der Waals surface area contributed by atoms with Crippen LogP contribution >= 0.6 is 0 Å². The molecule has 0 fully saturated rings. The Bertz CT molecular complexity index is 1380. The van der Waals surface area contributed by atoms with Gasteiger partial charge in [-0.2, -0.15) is 0 Å². The molecule has 3 aromatic carbocycles. The Morgan fingerprint density at radius 1 is 1.03 bits per heavy atom. The summed E-state index contributed by atoms with van der Waals surface area (Å²) in [5.74, 6) is -0.701. The van der Waals surface area contributed by atoms with E-state index in [-0.39, 0.29) is 5.91 Å². The van der Waals surface area contributed by atoms with Gasteiger partial charge < -0.3 is 15.4 Å². The first kappa shape index (κ1) is 21.1. The molecule has 0 unspecified atom stereocenters. The van der Waals surface area contributed by atoms with Gasteiger partial charge in [-0.1, -0.05) is 53.7 Å². The second-order valence-corrected chi connectivity index (χ2v) is 7.74. The Morgan fingerprint density at radius 2 is 1.82 bits per heavy atom. The van der Waals surface area contributed by atoms with E-state index in [1.165, 1.54) is 7.11 Å². The summed E-state index contributed by atoms with van der Waals surface area (Å²) in [4.78, 5) is 25.0. The number of ether oxygens (including phenoxy) is 1. The number of carbonyl (C=O) groups is 2. The Balaban J connectivity index is 1.53. The summed E-state index contributed by atoms with van der Waals surface area (Å²) in [7, 11) is 1.33. The second kappa shape index (κ2) is 9.03. The molecular formula is C26H21N5O3. The number of fused-ring (bicyclic) bond motifs is 1. The second-order valence-electron chi connectivity index (χ2n) is 7.74. The molecule has 4 aromatic rings. The van der Waals surface area contributed by atoms with Crippen LogP contribution in [0.1, 0.15) is 27.0 Å². The number of nitrogens with zero attached hydrogens (tertiary/aromatic N) is 3. The third kappa shape index (κ3) is 4.16. The van der Waals surface area contributed by atoms with E-state index in [0.29, 0.717) is 34.6 Å². The van der Waals surface area contributed by atoms with Gasteiger partial charge in [0.2, 0.25) is 0 Å². The van der Waals surface area contributed by atoms with Gasteiger partial charge >= 0.3 is 5.97 Å². The lowest BCUT2D eigenvalue weighted by Gasteiger charge is -2.15. The fourth-order valence-electron chi connectivity index (χ4n) is 3.89. The van der Waals surface area contributed by atoms with Crippen LogP contribution in [0.2, 0.25) is 0 Å². The topological polar surface area (TPSA) is 98.1 Å². The molecule has 1 aliphatic rings. The normalized spacial score (nSPS) is 13.7. The summed E-state index contributed by atoms with van der Waals surface area (Å²) in [5, 5.41) is 14.1. The standard InChI is InChI=1S/C26H21N5O3/c1-34-26(33)19-9-12-21-22(15-19)29-25(32)23(21)24(18-5-3-2-4-6-18)28-20-10-7-17(8-11-20)16-31-14-13-27-30-31/h2-15,28H,16H2,1H3,(H,29,32). The molecule has 2 heterocycles. The van der Waals surface area contributed by atoms with E-state index in [4.69, 9.17) is 4.74 Å². The summed E-state index contributed by atoms with van der Waals surface area (Å²) < 4.78 is 6.56. The van der Waals surface area contributed by atoms with Gasteiger partial charge in [0.1, 0.15) is 0 Å². The number of methoxy groups -OCH3 is 1. The maximum absolute atomic E-state index is 13.1. The van der Waals surface area contributed by atoms with Crippen molar-refractivity contribution in [2.45, 2.75) is 6.54 Å².